The Morgan fingerprint density at radius 3 is 2.53 bits per heavy atom. The summed E-state index contributed by atoms with van der Waals surface area (Å²) in [5, 5.41) is 3.23. The Bertz CT molecular complexity index is 1050. The van der Waals surface area contributed by atoms with Crippen LogP contribution in [0.2, 0.25) is 0 Å². The van der Waals surface area contributed by atoms with E-state index in [1.165, 1.54) is 11.6 Å². The molecule has 0 radical (unpaired) electrons. The maximum absolute atomic E-state index is 12.0. The molecule has 1 aromatic carbocycles. The number of primary amides is 1. The maximum Gasteiger partial charge on any atom is 0.271 e. The summed E-state index contributed by atoms with van der Waals surface area (Å²) in [4.78, 5) is 39.0. The number of hydrogen-bond acceptors (Lipinski definition) is 7. The summed E-state index contributed by atoms with van der Waals surface area (Å²) < 4.78 is 0. The van der Waals surface area contributed by atoms with E-state index >= 15 is 0 Å². The number of rotatable bonds is 7. The Labute approximate surface area is 200 Å². The van der Waals surface area contributed by atoms with Gasteiger partial charge in [-0.25, -0.2) is 9.97 Å². The number of benzene rings is 1. The minimum absolute atomic E-state index is 0.0721. The van der Waals surface area contributed by atoms with Gasteiger partial charge < -0.3 is 25.8 Å². The molecule has 2 aliphatic heterocycles. The van der Waals surface area contributed by atoms with Crippen LogP contribution in [0.5, 0.6) is 0 Å². The minimum Gasteiger partial charge on any atom is -0.364 e. The fourth-order valence-corrected chi connectivity index (χ4v) is 4.71. The van der Waals surface area contributed by atoms with E-state index in [1.807, 2.05) is 24.1 Å². The molecule has 3 heterocycles. The Kier molecular flexibility index (Phi) is 7.12. The van der Waals surface area contributed by atoms with Gasteiger partial charge >= 0.3 is 0 Å². The molecule has 0 aliphatic carbocycles. The number of amides is 2. The summed E-state index contributed by atoms with van der Waals surface area (Å²) in [6, 6.07) is 8.38. The fraction of sp³-hybridized carbons (Fsp3) is 0.440. The summed E-state index contributed by atoms with van der Waals surface area (Å²) in [6.07, 6.45) is 6.02. The van der Waals surface area contributed by atoms with Crippen LogP contribution < -0.4 is 16.0 Å². The second kappa shape index (κ2) is 10.2. The number of piperidine rings is 1. The molecule has 2 fully saturated rings. The normalized spacial score (nSPS) is 19.1. The number of nitrogens with two attached hydrogens (primary N) is 1. The molecule has 0 bridgehead atoms. The van der Waals surface area contributed by atoms with Crippen molar-refractivity contribution in [3.8, 4) is 0 Å². The number of likely N-dealkylation sites (N-methyl/N-ethyl adjacent to an activating group) is 1. The zero-order valence-electron chi connectivity index (χ0n) is 19.9. The predicted molar refractivity (Wildman–Crippen MR) is 133 cm³/mol. The van der Waals surface area contributed by atoms with Crippen LogP contribution in [-0.2, 0) is 4.79 Å². The van der Waals surface area contributed by atoms with Crippen LogP contribution in [0.1, 0.15) is 41.2 Å². The first-order valence-corrected chi connectivity index (χ1v) is 11.7. The standard InChI is InChI=1S/C25H33N7O2/c1-4-22(33)32-14-11-20(16-32)31(3)21-15-27-23(24(26)34)25(29-21)28-19-7-5-17(6-8-19)18-9-12-30(2)13-10-18/h4-8,15,18,20H,1,9-14,16H2,2-3H3,(H2,26,34)(H,28,29). The van der Waals surface area contributed by atoms with Crippen molar-refractivity contribution in [2.75, 3.05) is 50.5 Å². The van der Waals surface area contributed by atoms with E-state index in [2.05, 4.69) is 45.9 Å². The van der Waals surface area contributed by atoms with Crippen LogP contribution in [-0.4, -0.2) is 77.9 Å². The molecule has 1 unspecified atom stereocenters. The van der Waals surface area contributed by atoms with Crippen molar-refractivity contribution in [3.63, 3.8) is 0 Å². The largest absolute Gasteiger partial charge is 0.364 e. The number of hydrogen-bond donors (Lipinski definition) is 2. The fourth-order valence-electron chi connectivity index (χ4n) is 4.71. The number of nitrogens with zero attached hydrogens (tertiary/aromatic N) is 5. The maximum atomic E-state index is 12.0. The number of carbonyl (C=O) groups excluding carboxylic acids is 2. The van der Waals surface area contributed by atoms with Gasteiger partial charge in [-0.1, -0.05) is 18.7 Å². The number of nitrogens with one attached hydrogen (secondary N) is 1. The van der Waals surface area contributed by atoms with Gasteiger partial charge in [-0.05, 0) is 69.1 Å². The third kappa shape index (κ3) is 5.20. The van der Waals surface area contributed by atoms with Crippen LogP contribution in [0, 0.1) is 0 Å². The third-order valence-corrected chi connectivity index (χ3v) is 6.92. The molecule has 1 aromatic heterocycles. The second-order valence-corrected chi connectivity index (χ2v) is 9.16. The molecule has 2 aliphatic rings. The highest BCUT2D eigenvalue weighted by atomic mass is 16.2. The molecular weight excluding hydrogens is 430 g/mol. The van der Waals surface area contributed by atoms with Gasteiger partial charge in [0.15, 0.2) is 11.5 Å². The number of likely N-dealkylation sites (tertiary alicyclic amines) is 2. The summed E-state index contributed by atoms with van der Waals surface area (Å²) >= 11 is 0. The van der Waals surface area contributed by atoms with Crippen LogP contribution in [0.4, 0.5) is 17.3 Å². The molecule has 1 atom stereocenters. The third-order valence-electron chi connectivity index (χ3n) is 6.92. The lowest BCUT2D eigenvalue weighted by atomic mass is 9.89. The Morgan fingerprint density at radius 1 is 1.18 bits per heavy atom. The predicted octanol–water partition coefficient (Wildman–Crippen LogP) is 2.35. The first kappa shape index (κ1) is 23.7. The highest BCUT2D eigenvalue weighted by Crippen LogP contribution is 2.29. The van der Waals surface area contributed by atoms with Crippen LogP contribution >= 0.6 is 0 Å². The Balaban J connectivity index is 1.50. The van der Waals surface area contributed by atoms with Crippen LogP contribution in [0.25, 0.3) is 0 Å². The van der Waals surface area contributed by atoms with Crippen LogP contribution in [0.15, 0.2) is 43.1 Å². The highest BCUT2D eigenvalue weighted by Gasteiger charge is 2.29. The molecule has 180 valence electrons. The summed E-state index contributed by atoms with van der Waals surface area (Å²) in [5.74, 6) is 0.782. The van der Waals surface area contributed by atoms with Gasteiger partial charge in [-0.2, -0.15) is 0 Å². The van der Waals surface area contributed by atoms with Gasteiger partial charge in [0.1, 0.15) is 5.82 Å². The van der Waals surface area contributed by atoms with Gasteiger partial charge in [0.2, 0.25) is 5.91 Å². The van der Waals surface area contributed by atoms with Gasteiger partial charge in [0, 0.05) is 31.9 Å². The van der Waals surface area contributed by atoms with E-state index in [4.69, 9.17) is 5.73 Å². The van der Waals surface area contributed by atoms with E-state index in [0.29, 0.717) is 30.6 Å². The van der Waals surface area contributed by atoms with Crippen molar-refractivity contribution < 1.29 is 9.59 Å². The molecule has 2 saturated heterocycles. The van der Waals surface area contributed by atoms with Crippen molar-refractivity contribution in [1.82, 2.24) is 19.8 Å². The van der Waals surface area contributed by atoms with Gasteiger partial charge in [0.25, 0.3) is 5.91 Å². The monoisotopic (exact) mass is 463 g/mol. The van der Waals surface area contributed by atoms with Crippen LogP contribution in [0.3, 0.4) is 0 Å². The molecule has 0 spiro atoms. The average Bonchev–Trinajstić information content (AvgIpc) is 3.34. The quantitative estimate of drug-likeness (QED) is 0.607. The SMILES string of the molecule is C=CC(=O)N1CCC(N(C)c2cnc(C(N)=O)c(Nc3ccc(C4CCN(C)CC4)cc3)n2)C1. The smallest absolute Gasteiger partial charge is 0.271 e. The number of aromatic nitrogens is 2. The molecule has 9 heteroatoms. The van der Waals surface area contributed by atoms with E-state index in [1.54, 1.807) is 11.1 Å². The number of carbonyl (C=O) groups is 2. The lowest BCUT2D eigenvalue weighted by molar-refractivity contribution is -0.125. The molecule has 2 amide bonds. The van der Waals surface area contributed by atoms with E-state index in [0.717, 1.165) is 38.0 Å². The Morgan fingerprint density at radius 2 is 1.88 bits per heavy atom. The van der Waals surface area contributed by atoms with E-state index in [9.17, 15) is 9.59 Å². The van der Waals surface area contributed by atoms with E-state index in [-0.39, 0.29) is 17.6 Å². The average molecular weight is 464 g/mol. The van der Waals surface area contributed by atoms with Crippen molar-refractivity contribution >= 4 is 29.1 Å². The molecule has 4 rings (SSSR count). The lowest BCUT2D eigenvalue weighted by Crippen LogP contribution is -2.36. The van der Waals surface area contributed by atoms with Crippen molar-refractivity contribution in [2.45, 2.75) is 31.2 Å². The van der Waals surface area contributed by atoms with Crippen molar-refractivity contribution in [2.24, 2.45) is 5.73 Å². The van der Waals surface area contributed by atoms with Gasteiger partial charge in [-0.3, -0.25) is 9.59 Å². The highest BCUT2D eigenvalue weighted by molar-refractivity contribution is 5.96. The topological polar surface area (TPSA) is 108 Å². The van der Waals surface area contributed by atoms with Crippen molar-refractivity contribution in [1.29, 1.82) is 0 Å². The molecule has 9 nitrogen and oxygen atoms in total. The van der Waals surface area contributed by atoms with Gasteiger partial charge in [-0.15, -0.1) is 0 Å². The first-order valence-electron chi connectivity index (χ1n) is 11.7. The zero-order chi connectivity index (χ0) is 24.2. The Hall–Kier alpha value is -3.46. The van der Waals surface area contributed by atoms with Crippen molar-refractivity contribution in [3.05, 3.63) is 54.4 Å². The molecule has 3 N–H and O–H groups in total. The molecule has 2 aromatic rings. The second-order valence-electron chi connectivity index (χ2n) is 9.16. The first-order chi connectivity index (χ1) is 16.4. The number of anilines is 3. The molecule has 0 saturated carbocycles. The van der Waals surface area contributed by atoms with E-state index < -0.39 is 5.91 Å². The minimum atomic E-state index is -0.643. The lowest BCUT2D eigenvalue weighted by Gasteiger charge is -2.29. The summed E-state index contributed by atoms with van der Waals surface area (Å²) in [6.45, 7) is 7.05. The summed E-state index contributed by atoms with van der Waals surface area (Å²) in [5.41, 5.74) is 7.80. The zero-order valence-corrected chi connectivity index (χ0v) is 19.9. The molecule has 34 heavy (non-hydrogen) atoms. The molecular formula is C25H33N7O2. The van der Waals surface area contributed by atoms with Gasteiger partial charge in [0.05, 0.1) is 6.20 Å². The summed E-state index contributed by atoms with van der Waals surface area (Å²) in [7, 11) is 4.08.